The highest BCUT2D eigenvalue weighted by Gasteiger charge is 2.24. The molecule has 0 unspecified atom stereocenters. The highest BCUT2D eigenvalue weighted by molar-refractivity contribution is 9.11. The molecule has 0 saturated heterocycles. The fraction of sp³-hybridized carbons (Fsp3) is 0.333. The van der Waals surface area contributed by atoms with Crippen molar-refractivity contribution in [1.29, 1.82) is 0 Å². The van der Waals surface area contributed by atoms with Crippen molar-refractivity contribution in [1.82, 2.24) is 9.97 Å². The van der Waals surface area contributed by atoms with E-state index in [0.29, 0.717) is 21.4 Å². The van der Waals surface area contributed by atoms with Crippen LogP contribution in [0.25, 0.3) is 11.4 Å². The van der Waals surface area contributed by atoms with E-state index in [2.05, 4.69) is 41.8 Å². The quantitative estimate of drug-likeness (QED) is 0.532. The van der Waals surface area contributed by atoms with Gasteiger partial charge in [0.2, 0.25) is 0 Å². The van der Waals surface area contributed by atoms with Gasteiger partial charge in [0, 0.05) is 16.0 Å². The number of aromatic nitrogens is 2. The molecular weight excluding hydrogens is 422 g/mol. The first-order valence-corrected chi connectivity index (χ1v) is 8.71. The van der Waals surface area contributed by atoms with Crippen molar-refractivity contribution in [2.24, 2.45) is 0 Å². The highest BCUT2D eigenvalue weighted by Crippen LogP contribution is 2.40. The zero-order valence-corrected chi connectivity index (χ0v) is 15.0. The maximum atomic E-state index is 13.2. The van der Waals surface area contributed by atoms with Gasteiger partial charge < -0.3 is 0 Å². The van der Waals surface area contributed by atoms with Gasteiger partial charge in [0.05, 0.1) is 10.2 Å². The van der Waals surface area contributed by atoms with Crippen molar-refractivity contribution < 1.29 is 4.39 Å². The fourth-order valence-corrected chi connectivity index (χ4v) is 3.90. The van der Waals surface area contributed by atoms with E-state index in [0.717, 1.165) is 28.6 Å². The van der Waals surface area contributed by atoms with Crippen LogP contribution in [0.15, 0.2) is 27.1 Å². The van der Waals surface area contributed by atoms with Crippen molar-refractivity contribution in [2.45, 2.75) is 31.6 Å². The van der Waals surface area contributed by atoms with Gasteiger partial charge in [0.1, 0.15) is 11.0 Å². The molecule has 0 atom stereocenters. The van der Waals surface area contributed by atoms with Gasteiger partial charge in [0.25, 0.3) is 0 Å². The molecule has 1 saturated carbocycles. The largest absolute Gasteiger partial charge is 0.231 e. The van der Waals surface area contributed by atoms with E-state index < -0.39 is 0 Å². The molecule has 0 radical (unpaired) electrons. The van der Waals surface area contributed by atoms with E-state index >= 15 is 0 Å². The predicted octanol–water partition coefficient (Wildman–Crippen LogP) is 6.12. The molecule has 1 aromatic carbocycles. The van der Waals surface area contributed by atoms with Crippen molar-refractivity contribution in [3.05, 3.63) is 43.8 Å². The zero-order chi connectivity index (χ0) is 15.0. The lowest BCUT2D eigenvalue weighted by atomic mass is 10.0. The minimum absolute atomic E-state index is 0.301. The lowest BCUT2D eigenvalue weighted by molar-refractivity contribution is 0.627. The lowest BCUT2D eigenvalue weighted by Gasteiger charge is -2.14. The summed E-state index contributed by atoms with van der Waals surface area (Å²) in [6.45, 7) is 0. The molecule has 1 aromatic heterocycles. The number of halogens is 4. The number of hydrogen-bond acceptors (Lipinski definition) is 2. The summed E-state index contributed by atoms with van der Waals surface area (Å²) in [4.78, 5) is 9.00. The monoisotopic (exact) mass is 432 g/mol. The van der Waals surface area contributed by atoms with E-state index in [4.69, 9.17) is 11.6 Å². The number of hydrogen-bond donors (Lipinski definition) is 0. The number of rotatable bonds is 2. The van der Waals surface area contributed by atoms with Crippen LogP contribution >= 0.6 is 43.5 Å². The molecule has 1 heterocycles. The molecule has 2 aromatic rings. The standard InChI is InChI=1S/C15H12Br2ClFN2/c16-11-7-9(19)5-6-10(11)15-20-13(8-3-1-2-4-8)12(17)14(18)21-15/h5-8H,1-4H2. The summed E-state index contributed by atoms with van der Waals surface area (Å²) in [6.07, 6.45) is 4.68. The van der Waals surface area contributed by atoms with E-state index in [9.17, 15) is 4.39 Å². The fourth-order valence-electron chi connectivity index (χ4n) is 2.70. The van der Waals surface area contributed by atoms with Gasteiger partial charge in [0.15, 0.2) is 5.82 Å². The van der Waals surface area contributed by atoms with Crippen molar-refractivity contribution in [3.8, 4) is 11.4 Å². The van der Waals surface area contributed by atoms with Crippen molar-refractivity contribution >= 4 is 43.5 Å². The maximum absolute atomic E-state index is 13.2. The van der Waals surface area contributed by atoms with Crippen LogP contribution in [-0.4, -0.2) is 9.97 Å². The summed E-state index contributed by atoms with van der Waals surface area (Å²) < 4.78 is 14.6. The molecule has 1 fully saturated rings. The second kappa shape index (κ2) is 6.31. The average molecular weight is 435 g/mol. The molecule has 6 heteroatoms. The molecule has 3 rings (SSSR count). The van der Waals surface area contributed by atoms with Gasteiger partial charge >= 0.3 is 0 Å². The third-order valence-electron chi connectivity index (χ3n) is 3.75. The first kappa shape index (κ1) is 15.4. The minimum Gasteiger partial charge on any atom is -0.231 e. The first-order valence-electron chi connectivity index (χ1n) is 6.74. The Balaban J connectivity index is 2.10. The van der Waals surface area contributed by atoms with Crippen molar-refractivity contribution in [2.75, 3.05) is 0 Å². The van der Waals surface area contributed by atoms with Gasteiger partial charge in [-0.15, -0.1) is 0 Å². The summed E-state index contributed by atoms with van der Waals surface area (Å²) >= 11 is 13.1. The van der Waals surface area contributed by atoms with Gasteiger partial charge in [-0.3, -0.25) is 0 Å². The number of benzene rings is 1. The van der Waals surface area contributed by atoms with E-state index in [1.165, 1.54) is 25.0 Å². The third kappa shape index (κ3) is 3.15. The first-order chi connectivity index (χ1) is 10.1. The van der Waals surface area contributed by atoms with E-state index in [-0.39, 0.29) is 5.82 Å². The summed E-state index contributed by atoms with van der Waals surface area (Å²) in [5.41, 5.74) is 1.70. The Morgan fingerprint density at radius 3 is 2.52 bits per heavy atom. The summed E-state index contributed by atoms with van der Waals surface area (Å²) in [5.74, 6) is 0.639. The van der Waals surface area contributed by atoms with Crippen LogP contribution in [0, 0.1) is 5.82 Å². The zero-order valence-electron chi connectivity index (χ0n) is 11.0. The average Bonchev–Trinajstić information content (AvgIpc) is 2.96. The molecule has 110 valence electrons. The van der Waals surface area contributed by atoms with Gasteiger partial charge in [-0.25, -0.2) is 14.4 Å². The molecule has 1 aliphatic rings. The summed E-state index contributed by atoms with van der Waals surface area (Å²) in [7, 11) is 0. The van der Waals surface area contributed by atoms with Crippen LogP contribution in [0.1, 0.15) is 37.3 Å². The minimum atomic E-state index is -0.301. The highest BCUT2D eigenvalue weighted by atomic mass is 79.9. The van der Waals surface area contributed by atoms with E-state index in [1.54, 1.807) is 6.07 Å². The normalized spacial score (nSPS) is 15.6. The van der Waals surface area contributed by atoms with Gasteiger partial charge in [-0.05, 0) is 62.9 Å². The van der Waals surface area contributed by atoms with Crippen molar-refractivity contribution in [3.63, 3.8) is 0 Å². The molecule has 0 aliphatic heterocycles. The van der Waals surface area contributed by atoms with E-state index in [1.807, 2.05) is 0 Å². The topological polar surface area (TPSA) is 25.8 Å². The maximum Gasteiger partial charge on any atom is 0.162 e. The Kier molecular flexibility index (Phi) is 4.62. The molecule has 1 aliphatic carbocycles. The van der Waals surface area contributed by atoms with Crippen LogP contribution in [0.4, 0.5) is 4.39 Å². The molecular formula is C15H12Br2ClFN2. The Labute approximate surface area is 144 Å². The lowest BCUT2D eigenvalue weighted by Crippen LogP contribution is -2.03. The molecule has 0 N–H and O–H groups in total. The van der Waals surface area contributed by atoms with Gasteiger partial charge in [-0.2, -0.15) is 0 Å². The molecule has 0 amide bonds. The predicted molar refractivity (Wildman–Crippen MR) is 89.0 cm³/mol. The van der Waals surface area contributed by atoms with Crippen LogP contribution in [-0.2, 0) is 0 Å². The third-order valence-corrected chi connectivity index (χ3v) is 5.69. The Morgan fingerprint density at radius 2 is 1.86 bits per heavy atom. The Bertz CT molecular complexity index is 688. The van der Waals surface area contributed by atoms with Crippen LogP contribution in [0.2, 0.25) is 5.15 Å². The van der Waals surface area contributed by atoms with Crippen LogP contribution in [0.3, 0.4) is 0 Å². The van der Waals surface area contributed by atoms with Crippen LogP contribution < -0.4 is 0 Å². The molecule has 0 spiro atoms. The molecule has 21 heavy (non-hydrogen) atoms. The Morgan fingerprint density at radius 1 is 1.14 bits per heavy atom. The summed E-state index contributed by atoms with van der Waals surface area (Å²) in [5, 5.41) is 0.401. The second-order valence-corrected chi connectivity index (χ2v) is 7.15. The summed E-state index contributed by atoms with van der Waals surface area (Å²) in [6, 6.07) is 4.47. The van der Waals surface area contributed by atoms with Crippen LogP contribution in [0.5, 0.6) is 0 Å². The smallest absolute Gasteiger partial charge is 0.162 e. The van der Waals surface area contributed by atoms with Gasteiger partial charge in [-0.1, -0.05) is 24.4 Å². The molecule has 2 nitrogen and oxygen atoms in total. The number of nitrogens with zero attached hydrogens (tertiary/aromatic N) is 2. The SMILES string of the molecule is Fc1ccc(-c2nc(Cl)c(Br)c(C3CCCC3)n2)c(Br)c1. The Hall–Kier alpha value is -0.520. The molecule has 0 bridgehead atoms. The second-order valence-electron chi connectivity index (χ2n) is 5.14.